The zero-order valence-corrected chi connectivity index (χ0v) is 12.2. The van der Waals surface area contributed by atoms with Crippen LogP contribution in [0, 0.1) is 11.3 Å². The number of nitrogens with zero attached hydrogens (tertiary/aromatic N) is 2. The van der Waals surface area contributed by atoms with E-state index in [2.05, 4.69) is 16.3 Å². The number of rotatable bonds is 3. The number of hydrogen-bond acceptors (Lipinski definition) is 4. The summed E-state index contributed by atoms with van der Waals surface area (Å²) >= 11 is 0. The maximum atomic E-state index is 12.2. The van der Waals surface area contributed by atoms with Crippen LogP contribution in [0.4, 0.5) is 0 Å². The number of hydrogen-bond donors (Lipinski definition) is 2. The Morgan fingerprint density at radius 3 is 2.60 bits per heavy atom. The summed E-state index contributed by atoms with van der Waals surface area (Å²) in [4.78, 5) is 14.3. The van der Waals surface area contributed by atoms with E-state index >= 15 is 0 Å². The Kier molecular flexibility index (Phi) is 5.38. The fraction of sp³-hybridized carbons (Fsp3) is 0.867. The molecule has 0 bridgehead atoms. The molecule has 3 N–H and O–H groups in total. The van der Waals surface area contributed by atoms with Gasteiger partial charge < -0.3 is 11.1 Å². The van der Waals surface area contributed by atoms with Gasteiger partial charge >= 0.3 is 0 Å². The second kappa shape index (κ2) is 7.05. The third-order valence-electron chi connectivity index (χ3n) is 4.46. The van der Waals surface area contributed by atoms with Crippen molar-refractivity contribution in [1.82, 2.24) is 10.2 Å². The first-order valence-corrected chi connectivity index (χ1v) is 7.84. The van der Waals surface area contributed by atoms with E-state index in [4.69, 9.17) is 5.73 Å². The molecule has 2 aliphatic rings. The zero-order valence-electron chi connectivity index (χ0n) is 12.2. The lowest BCUT2D eigenvalue weighted by molar-refractivity contribution is -0.124. The molecule has 5 nitrogen and oxygen atoms in total. The highest BCUT2D eigenvalue weighted by Crippen LogP contribution is 2.26. The summed E-state index contributed by atoms with van der Waals surface area (Å²) in [5.41, 5.74) is 5.30. The van der Waals surface area contributed by atoms with Crippen molar-refractivity contribution in [2.45, 2.75) is 62.9 Å². The van der Waals surface area contributed by atoms with Gasteiger partial charge in [0.25, 0.3) is 0 Å². The second-order valence-corrected chi connectivity index (χ2v) is 6.29. The Bertz CT molecular complexity index is 369. The van der Waals surface area contributed by atoms with Gasteiger partial charge in [-0.25, -0.2) is 0 Å². The van der Waals surface area contributed by atoms with Crippen molar-refractivity contribution >= 4 is 5.91 Å². The van der Waals surface area contributed by atoms with Gasteiger partial charge in [-0.15, -0.1) is 0 Å². The van der Waals surface area contributed by atoms with Crippen LogP contribution in [0.3, 0.4) is 0 Å². The minimum absolute atomic E-state index is 0.0254. The summed E-state index contributed by atoms with van der Waals surface area (Å²) in [6.45, 7) is 2.09. The first-order valence-electron chi connectivity index (χ1n) is 7.84. The first kappa shape index (κ1) is 15.3. The van der Waals surface area contributed by atoms with Crippen molar-refractivity contribution < 1.29 is 4.79 Å². The quantitative estimate of drug-likeness (QED) is 0.759. The van der Waals surface area contributed by atoms with Crippen molar-refractivity contribution in [3.05, 3.63) is 0 Å². The highest BCUT2D eigenvalue weighted by atomic mass is 16.2. The largest absolute Gasteiger partial charge is 0.337 e. The molecule has 1 amide bonds. The molecule has 0 aromatic heterocycles. The van der Waals surface area contributed by atoms with Gasteiger partial charge in [-0.05, 0) is 32.2 Å². The molecule has 5 heteroatoms. The van der Waals surface area contributed by atoms with Crippen LogP contribution in [-0.4, -0.2) is 42.0 Å². The second-order valence-electron chi connectivity index (χ2n) is 6.29. The van der Waals surface area contributed by atoms with Crippen LogP contribution >= 0.6 is 0 Å². The number of piperidine rings is 1. The van der Waals surface area contributed by atoms with Gasteiger partial charge in [-0.2, -0.15) is 5.26 Å². The van der Waals surface area contributed by atoms with Gasteiger partial charge in [-0.3, -0.25) is 9.69 Å². The van der Waals surface area contributed by atoms with Gasteiger partial charge in [0.2, 0.25) is 5.91 Å². The minimum Gasteiger partial charge on any atom is -0.337 e. The Morgan fingerprint density at radius 1 is 1.30 bits per heavy atom. The third-order valence-corrected chi connectivity index (χ3v) is 4.46. The molecule has 0 spiro atoms. The molecule has 1 heterocycles. The molecular formula is C15H26N4O. The van der Waals surface area contributed by atoms with Crippen molar-refractivity contribution in [3.63, 3.8) is 0 Å². The van der Waals surface area contributed by atoms with E-state index in [1.54, 1.807) is 0 Å². The topological polar surface area (TPSA) is 82.2 Å². The van der Waals surface area contributed by atoms with Gasteiger partial charge in [0.05, 0.1) is 12.6 Å². The molecule has 112 valence electrons. The SMILES string of the molecule is N#CC1(NC(=O)CN2CCCC(N)C2)CCCCCC1. The summed E-state index contributed by atoms with van der Waals surface area (Å²) in [5, 5.41) is 12.5. The zero-order chi connectivity index (χ0) is 14.4. The van der Waals surface area contributed by atoms with Gasteiger partial charge in [0.1, 0.15) is 5.54 Å². The summed E-state index contributed by atoms with van der Waals surface area (Å²) in [7, 11) is 0. The highest BCUT2D eigenvalue weighted by Gasteiger charge is 2.33. The molecule has 2 rings (SSSR count). The number of nitriles is 1. The van der Waals surface area contributed by atoms with Crippen molar-refractivity contribution in [2.75, 3.05) is 19.6 Å². The molecule has 1 aliphatic carbocycles. The first-order chi connectivity index (χ1) is 9.63. The summed E-state index contributed by atoms with van der Waals surface area (Å²) in [5.74, 6) is -0.0254. The average molecular weight is 278 g/mol. The molecule has 0 aromatic carbocycles. The molecule has 1 saturated carbocycles. The smallest absolute Gasteiger partial charge is 0.235 e. The van der Waals surface area contributed by atoms with E-state index in [1.807, 2.05) is 0 Å². The van der Waals surface area contributed by atoms with Gasteiger partial charge in [-0.1, -0.05) is 25.7 Å². The van der Waals surface area contributed by atoms with Gasteiger partial charge in [0.15, 0.2) is 0 Å². The predicted molar refractivity (Wildman–Crippen MR) is 77.8 cm³/mol. The Balaban J connectivity index is 1.87. The Morgan fingerprint density at radius 2 is 2.00 bits per heavy atom. The van der Waals surface area contributed by atoms with Crippen LogP contribution in [-0.2, 0) is 4.79 Å². The number of carbonyl (C=O) groups excluding carboxylic acids is 1. The van der Waals surface area contributed by atoms with Crippen LogP contribution < -0.4 is 11.1 Å². The Labute approximate surface area is 121 Å². The van der Waals surface area contributed by atoms with Crippen molar-refractivity contribution in [2.24, 2.45) is 5.73 Å². The highest BCUT2D eigenvalue weighted by molar-refractivity contribution is 5.79. The summed E-state index contributed by atoms with van der Waals surface area (Å²) < 4.78 is 0. The molecular weight excluding hydrogens is 252 g/mol. The summed E-state index contributed by atoms with van der Waals surface area (Å²) in [6, 6.07) is 2.54. The molecule has 1 aliphatic heterocycles. The van der Waals surface area contributed by atoms with E-state index in [0.29, 0.717) is 6.54 Å². The standard InChI is InChI=1S/C15H26N4O/c16-12-15(7-3-1-2-4-8-15)18-14(20)11-19-9-5-6-13(17)10-19/h13H,1-11,17H2,(H,18,20). The fourth-order valence-electron chi connectivity index (χ4n) is 3.34. The van der Waals surface area contributed by atoms with Crippen LogP contribution in [0.25, 0.3) is 0 Å². The predicted octanol–water partition coefficient (Wildman–Crippen LogP) is 1.14. The lowest BCUT2D eigenvalue weighted by Gasteiger charge is -2.32. The van der Waals surface area contributed by atoms with Crippen LogP contribution in [0.5, 0.6) is 0 Å². The Hall–Kier alpha value is -1.12. The number of likely N-dealkylation sites (tertiary alicyclic amines) is 1. The van der Waals surface area contributed by atoms with Crippen molar-refractivity contribution in [3.8, 4) is 6.07 Å². The number of nitrogens with one attached hydrogen (secondary N) is 1. The monoisotopic (exact) mass is 278 g/mol. The van der Waals surface area contributed by atoms with E-state index in [-0.39, 0.29) is 11.9 Å². The maximum Gasteiger partial charge on any atom is 0.235 e. The molecule has 1 atom stereocenters. The molecule has 0 aromatic rings. The molecule has 1 unspecified atom stereocenters. The van der Waals surface area contributed by atoms with E-state index in [1.165, 1.54) is 12.8 Å². The van der Waals surface area contributed by atoms with Crippen LogP contribution in [0.2, 0.25) is 0 Å². The lowest BCUT2D eigenvalue weighted by atomic mass is 9.92. The van der Waals surface area contributed by atoms with Crippen LogP contribution in [0.15, 0.2) is 0 Å². The number of nitrogens with two attached hydrogens (primary N) is 1. The number of amides is 1. The fourth-order valence-corrected chi connectivity index (χ4v) is 3.34. The molecule has 2 fully saturated rings. The van der Waals surface area contributed by atoms with Gasteiger partial charge in [0, 0.05) is 12.6 Å². The summed E-state index contributed by atoms with van der Waals surface area (Å²) in [6.07, 6.45) is 8.06. The minimum atomic E-state index is -0.633. The molecule has 0 radical (unpaired) electrons. The average Bonchev–Trinajstić information content (AvgIpc) is 2.65. The maximum absolute atomic E-state index is 12.2. The van der Waals surface area contributed by atoms with Crippen molar-refractivity contribution in [1.29, 1.82) is 5.26 Å². The van der Waals surface area contributed by atoms with E-state index < -0.39 is 5.54 Å². The normalized spacial score (nSPS) is 27.3. The van der Waals surface area contributed by atoms with E-state index in [9.17, 15) is 10.1 Å². The molecule has 20 heavy (non-hydrogen) atoms. The molecule has 1 saturated heterocycles. The third kappa shape index (κ3) is 4.19. The van der Waals surface area contributed by atoms with E-state index in [0.717, 1.165) is 51.6 Å². The van der Waals surface area contributed by atoms with Crippen LogP contribution in [0.1, 0.15) is 51.4 Å². The number of carbonyl (C=O) groups is 1. The lowest BCUT2D eigenvalue weighted by Crippen LogP contribution is -2.52.